The fourth-order valence-corrected chi connectivity index (χ4v) is 3.51. The first kappa shape index (κ1) is 17.9. The van der Waals surface area contributed by atoms with E-state index in [0.717, 1.165) is 36.9 Å². The maximum atomic E-state index is 5.87. The zero-order valence-electron chi connectivity index (χ0n) is 14.1. The fourth-order valence-electron chi connectivity index (χ4n) is 2.64. The third kappa shape index (κ3) is 4.26. The number of aliphatic imine (C=N–C) groups is 1. The average Bonchev–Trinajstić information content (AvgIpc) is 3.09. The molecule has 0 bridgehead atoms. The van der Waals surface area contributed by atoms with Crippen LogP contribution in [-0.2, 0) is 0 Å². The van der Waals surface area contributed by atoms with Crippen molar-refractivity contribution in [1.82, 2.24) is 4.98 Å². The minimum Gasteiger partial charge on any atom is -0.436 e. The highest BCUT2D eigenvalue weighted by molar-refractivity contribution is 9.10. The van der Waals surface area contributed by atoms with Gasteiger partial charge in [-0.2, -0.15) is 0 Å². The standard InChI is InChI=1S/C22H14Br2N2O/c23-16-7-3-5-15(13-16)6-4-12-25-17-10-11-21-20(14-17)26-22(27-21)18-8-1-2-9-19(18)24/h1-14H. The quantitative estimate of drug-likeness (QED) is 0.284. The lowest BCUT2D eigenvalue weighted by Crippen LogP contribution is -1.78. The molecule has 1 aromatic heterocycles. The van der Waals surface area contributed by atoms with Gasteiger partial charge in [-0.1, -0.05) is 46.3 Å². The van der Waals surface area contributed by atoms with E-state index in [1.165, 1.54) is 0 Å². The van der Waals surface area contributed by atoms with E-state index in [0.29, 0.717) is 5.89 Å². The molecule has 0 unspecified atom stereocenters. The van der Waals surface area contributed by atoms with Gasteiger partial charge in [0.05, 0.1) is 11.3 Å². The largest absolute Gasteiger partial charge is 0.436 e. The minimum absolute atomic E-state index is 0.591. The second kappa shape index (κ2) is 8.03. The Labute approximate surface area is 173 Å². The molecule has 0 N–H and O–H groups in total. The summed E-state index contributed by atoms with van der Waals surface area (Å²) in [5, 5.41) is 0. The molecule has 5 heteroatoms. The summed E-state index contributed by atoms with van der Waals surface area (Å²) in [6, 6.07) is 21.7. The molecule has 27 heavy (non-hydrogen) atoms. The van der Waals surface area contributed by atoms with Gasteiger partial charge in [-0.25, -0.2) is 4.98 Å². The van der Waals surface area contributed by atoms with Gasteiger partial charge < -0.3 is 4.42 Å². The Morgan fingerprint density at radius 3 is 2.67 bits per heavy atom. The molecule has 0 saturated heterocycles. The third-order valence-electron chi connectivity index (χ3n) is 3.92. The van der Waals surface area contributed by atoms with Crippen LogP contribution in [0.2, 0.25) is 0 Å². The molecular formula is C22H14Br2N2O. The van der Waals surface area contributed by atoms with Gasteiger partial charge in [0.2, 0.25) is 5.89 Å². The van der Waals surface area contributed by atoms with Crippen LogP contribution in [-0.4, -0.2) is 11.2 Å². The highest BCUT2D eigenvalue weighted by atomic mass is 79.9. The second-order valence-corrected chi connectivity index (χ2v) is 7.61. The first-order valence-electron chi connectivity index (χ1n) is 8.31. The van der Waals surface area contributed by atoms with E-state index < -0.39 is 0 Å². The van der Waals surface area contributed by atoms with E-state index >= 15 is 0 Å². The fraction of sp³-hybridized carbons (Fsp3) is 0. The third-order valence-corrected chi connectivity index (χ3v) is 5.11. The maximum Gasteiger partial charge on any atom is 0.228 e. The molecule has 4 rings (SSSR count). The van der Waals surface area contributed by atoms with Crippen LogP contribution < -0.4 is 0 Å². The van der Waals surface area contributed by atoms with Crippen molar-refractivity contribution in [3.05, 3.63) is 87.3 Å². The van der Waals surface area contributed by atoms with Crippen LogP contribution in [0.1, 0.15) is 5.56 Å². The highest BCUT2D eigenvalue weighted by Crippen LogP contribution is 2.31. The summed E-state index contributed by atoms with van der Waals surface area (Å²) < 4.78 is 7.88. The number of nitrogens with zero attached hydrogens (tertiary/aromatic N) is 2. The molecule has 3 aromatic carbocycles. The van der Waals surface area contributed by atoms with Gasteiger partial charge in [-0.15, -0.1) is 0 Å². The summed E-state index contributed by atoms with van der Waals surface area (Å²) in [6.45, 7) is 0. The zero-order valence-corrected chi connectivity index (χ0v) is 17.3. The topological polar surface area (TPSA) is 38.4 Å². The smallest absolute Gasteiger partial charge is 0.228 e. The van der Waals surface area contributed by atoms with E-state index in [9.17, 15) is 0 Å². The highest BCUT2D eigenvalue weighted by Gasteiger charge is 2.11. The zero-order chi connectivity index (χ0) is 18.6. The first-order chi connectivity index (χ1) is 13.2. The molecule has 1 heterocycles. The van der Waals surface area contributed by atoms with Gasteiger partial charge in [-0.05, 0) is 70.0 Å². The Morgan fingerprint density at radius 2 is 1.81 bits per heavy atom. The summed E-state index contributed by atoms with van der Waals surface area (Å²) in [7, 11) is 0. The number of benzene rings is 3. The minimum atomic E-state index is 0.591. The number of aromatic nitrogens is 1. The normalized spacial score (nSPS) is 11.8. The van der Waals surface area contributed by atoms with Gasteiger partial charge in [0.15, 0.2) is 5.58 Å². The van der Waals surface area contributed by atoms with E-state index in [4.69, 9.17) is 4.42 Å². The Balaban J connectivity index is 1.56. The van der Waals surface area contributed by atoms with Gasteiger partial charge in [0.1, 0.15) is 5.52 Å². The number of fused-ring (bicyclic) bond motifs is 1. The van der Waals surface area contributed by atoms with E-state index in [-0.39, 0.29) is 0 Å². The van der Waals surface area contributed by atoms with Crippen molar-refractivity contribution < 1.29 is 4.42 Å². The number of oxazole rings is 1. The van der Waals surface area contributed by atoms with E-state index in [1.54, 1.807) is 6.21 Å². The first-order valence-corrected chi connectivity index (χ1v) is 9.89. The lowest BCUT2D eigenvalue weighted by atomic mass is 10.2. The van der Waals surface area contributed by atoms with Crippen molar-refractivity contribution in [1.29, 1.82) is 0 Å². The number of allylic oxidation sites excluding steroid dienone is 1. The van der Waals surface area contributed by atoms with E-state index in [1.807, 2.05) is 72.8 Å². The van der Waals surface area contributed by atoms with Crippen LogP contribution in [0.25, 0.3) is 28.6 Å². The molecule has 0 aliphatic heterocycles. The predicted octanol–water partition coefficient (Wildman–Crippen LogP) is 7.44. The molecule has 0 aliphatic carbocycles. The summed E-state index contributed by atoms with van der Waals surface area (Å²) in [4.78, 5) is 9.08. The molecule has 0 fully saturated rings. The molecule has 0 atom stereocenters. The summed E-state index contributed by atoms with van der Waals surface area (Å²) >= 11 is 7.00. The van der Waals surface area contributed by atoms with Gasteiger partial charge in [0, 0.05) is 15.2 Å². The number of halogens is 2. The molecule has 0 aliphatic rings. The van der Waals surface area contributed by atoms with Crippen molar-refractivity contribution in [2.75, 3.05) is 0 Å². The van der Waals surface area contributed by atoms with Crippen LogP contribution in [0.3, 0.4) is 0 Å². The average molecular weight is 482 g/mol. The second-order valence-electron chi connectivity index (χ2n) is 5.84. The maximum absolute atomic E-state index is 5.87. The lowest BCUT2D eigenvalue weighted by molar-refractivity contribution is 0.619. The van der Waals surface area contributed by atoms with Crippen LogP contribution in [0, 0.1) is 0 Å². The van der Waals surface area contributed by atoms with Crippen molar-refractivity contribution >= 4 is 60.9 Å². The molecule has 132 valence electrons. The molecule has 0 radical (unpaired) electrons. The van der Waals surface area contributed by atoms with Crippen LogP contribution >= 0.6 is 31.9 Å². The Bertz CT molecular complexity index is 1160. The molecule has 0 spiro atoms. The number of rotatable bonds is 4. The molecule has 4 aromatic rings. The predicted molar refractivity (Wildman–Crippen MR) is 118 cm³/mol. The van der Waals surface area contributed by atoms with Crippen molar-refractivity contribution in [2.45, 2.75) is 0 Å². The van der Waals surface area contributed by atoms with Gasteiger partial charge in [0.25, 0.3) is 0 Å². The molecule has 0 saturated carbocycles. The molecular weight excluding hydrogens is 468 g/mol. The SMILES string of the molecule is Brc1cccc(C=CC=Nc2ccc3oc(-c4ccccc4Br)nc3c2)c1. The monoisotopic (exact) mass is 480 g/mol. The summed E-state index contributed by atoms with van der Waals surface area (Å²) in [6.07, 6.45) is 5.70. The number of hydrogen-bond acceptors (Lipinski definition) is 3. The Morgan fingerprint density at radius 1 is 0.926 bits per heavy atom. The summed E-state index contributed by atoms with van der Waals surface area (Å²) in [5.41, 5.74) is 4.39. The van der Waals surface area contributed by atoms with Crippen molar-refractivity contribution in [2.24, 2.45) is 4.99 Å². The molecule has 0 amide bonds. The number of hydrogen-bond donors (Lipinski definition) is 0. The Kier molecular flexibility index (Phi) is 5.32. The van der Waals surface area contributed by atoms with Crippen LogP contribution in [0.4, 0.5) is 5.69 Å². The Hall–Kier alpha value is -2.50. The summed E-state index contributed by atoms with van der Waals surface area (Å²) in [5.74, 6) is 0.591. The van der Waals surface area contributed by atoms with Crippen molar-refractivity contribution in [3.8, 4) is 11.5 Å². The van der Waals surface area contributed by atoms with Crippen LogP contribution in [0.5, 0.6) is 0 Å². The lowest BCUT2D eigenvalue weighted by Gasteiger charge is -1.97. The van der Waals surface area contributed by atoms with E-state index in [2.05, 4.69) is 47.9 Å². The molecule has 3 nitrogen and oxygen atoms in total. The van der Waals surface area contributed by atoms with Gasteiger partial charge >= 0.3 is 0 Å². The van der Waals surface area contributed by atoms with Gasteiger partial charge in [-0.3, -0.25) is 4.99 Å². The van der Waals surface area contributed by atoms with Crippen molar-refractivity contribution in [3.63, 3.8) is 0 Å². The van der Waals surface area contributed by atoms with Crippen LogP contribution in [0.15, 0.2) is 91.2 Å².